The monoisotopic (exact) mass is 381 g/mol. The third kappa shape index (κ3) is 5.73. The van der Waals surface area contributed by atoms with Crippen LogP contribution in [0.1, 0.15) is 42.9 Å². The summed E-state index contributed by atoms with van der Waals surface area (Å²) in [7, 11) is 1.78. The van der Waals surface area contributed by atoms with Crippen LogP contribution in [0.2, 0.25) is 0 Å². The van der Waals surface area contributed by atoms with Crippen molar-refractivity contribution in [2.45, 2.75) is 38.3 Å². The topological polar surface area (TPSA) is 55.8 Å². The molecular formula is C23H31N3O2. The first kappa shape index (κ1) is 20.2. The summed E-state index contributed by atoms with van der Waals surface area (Å²) in [5.74, 6) is 0.219. The minimum atomic E-state index is -0.0981. The standard InChI is InChI=1S/C23H31N3O2/c1-25(18-19-10-9-13-21(27)16-19)23(28)24-17-22(20-11-5-4-6-12-20)26-14-7-2-3-8-15-26/h4-6,9-13,16,22,27H,2-3,7-8,14-15,17-18H2,1H3,(H,24,28)/t22-/m1/s1. The number of carbonyl (C=O) groups is 1. The van der Waals surface area contributed by atoms with E-state index in [1.165, 1.54) is 31.2 Å². The van der Waals surface area contributed by atoms with Gasteiger partial charge in [0.1, 0.15) is 5.75 Å². The summed E-state index contributed by atoms with van der Waals surface area (Å²) < 4.78 is 0. The van der Waals surface area contributed by atoms with Gasteiger partial charge in [0, 0.05) is 20.1 Å². The fourth-order valence-electron chi connectivity index (χ4n) is 3.86. The van der Waals surface area contributed by atoms with Crippen molar-refractivity contribution in [3.8, 4) is 5.75 Å². The van der Waals surface area contributed by atoms with Gasteiger partial charge in [-0.05, 0) is 49.2 Å². The Kier molecular flexibility index (Phi) is 7.31. The molecule has 2 N–H and O–H groups in total. The zero-order valence-electron chi connectivity index (χ0n) is 16.7. The molecule has 0 bridgehead atoms. The van der Waals surface area contributed by atoms with E-state index in [9.17, 15) is 9.90 Å². The molecule has 2 aromatic rings. The largest absolute Gasteiger partial charge is 0.508 e. The number of aromatic hydroxyl groups is 1. The van der Waals surface area contributed by atoms with Crippen LogP contribution in [0.5, 0.6) is 5.75 Å². The highest BCUT2D eigenvalue weighted by molar-refractivity contribution is 5.73. The molecule has 28 heavy (non-hydrogen) atoms. The highest BCUT2D eigenvalue weighted by Crippen LogP contribution is 2.24. The Labute approximate surface area is 168 Å². The zero-order chi connectivity index (χ0) is 19.8. The number of hydrogen-bond acceptors (Lipinski definition) is 3. The number of nitrogens with one attached hydrogen (secondary N) is 1. The molecule has 2 aromatic carbocycles. The van der Waals surface area contributed by atoms with Crippen molar-refractivity contribution in [3.63, 3.8) is 0 Å². The number of phenolic OH excluding ortho intramolecular Hbond substituents is 1. The van der Waals surface area contributed by atoms with Crippen LogP contribution in [0.3, 0.4) is 0 Å². The fourth-order valence-corrected chi connectivity index (χ4v) is 3.86. The maximum absolute atomic E-state index is 12.7. The molecule has 3 rings (SSSR count). The lowest BCUT2D eigenvalue weighted by atomic mass is 10.0. The molecule has 1 fully saturated rings. The molecule has 0 aliphatic carbocycles. The normalized spacial score (nSPS) is 16.2. The van der Waals surface area contributed by atoms with E-state index in [1.54, 1.807) is 30.1 Å². The highest BCUT2D eigenvalue weighted by atomic mass is 16.3. The van der Waals surface area contributed by atoms with Crippen molar-refractivity contribution >= 4 is 6.03 Å². The number of hydrogen-bond donors (Lipinski definition) is 2. The summed E-state index contributed by atoms with van der Waals surface area (Å²) in [6.07, 6.45) is 5.01. The maximum Gasteiger partial charge on any atom is 0.317 e. The van der Waals surface area contributed by atoms with Crippen molar-refractivity contribution in [1.29, 1.82) is 0 Å². The van der Waals surface area contributed by atoms with Crippen molar-refractivity contribution in [1.82, 2.24) is 15.1 Å². The Morgan fingerprint density at radius 3 is 2.46 bits per heavy atom. The quantitative estimate of drug-likeness (QED) is 0.790. The van der Waals surface area contributed by atoms with E-state index in [-0.39, 0.29) is 17.8 Å². The minimum absolute atomic E-state index is 0.0981. The van der Waals surface area contributed by atoms with Crippen molar-refractivity contribution < 1.29 is 9.90 Å². The van der Waals surface area contributed by atoms with E-state index < -0.39 is 0 Å². The molecule has 1 aliphatic rings. The van der Waals surface area contributed by atoms with Crippen LogP contribution in [0.25, 0.3) is 0 Å². The van der Waals surface area contributed by atoms with Gasteiger partial charge < -0.3 is 15.3 Å². The number of amides is 2. The number of benzene rings is 2. The Bertz CT molecular complexity index is 743. The van der Waals surface area contributed by atoms with Crippen LogP contribution < -0.4 is 5.32 Å². The van der Waals surface area contributed by atoms with Crippen molar-refractivity contribution in [3.05, 3.63) is 65.7 Å². The SMILES string of the molecule is CN(Cc1cccc(O)c1)C(=O)NC[C@H](c1ccccc1)N1CCCCCC1. The van der Waals surface area contributed by atoms with Crippen LogP contribution in [-0.4, -0.2) is 47.6 Å². The number of urea groups is 1. The molecule has 0 radical (unpaired) electrons. The first-order valence-electron chi connectivity index (χ1n) is 10.2. The molecule has 5 heteroatoms. The smallest absolute Gasteiger partial charge is 0.317 e. The summed E-state index contributed by atoms with van der Waals surface area (Å²) in [6, 6.07) is 17.6. The van der Waals surface area contributed by atoms with Crippen LogP contribution in [0.15, 0.2) is 54.6 Å². The fraction of sp³-hybridized carbons (Fsp3) is 0.435. The number of phenols is 1. The second-order valence-electron chi connectivity index (χ2n) is 7.59. The Balaban J connectivity index is 1.62. The van der Waals surface area contributed by atoms with Crippen molar-refractivity contribution in [2.24, 2.45) is 0 Å². The molecular weight excluding hydrogens is 350 g/mol. The summed E-state index contributed by atoms with van der Waals surface area (Å²) >= 11 is 0. The van der Waals surface area contributed by atoms with Gasteiger partial charge in [-0.2, -0.15) is 0 Å². The van der Waals surface area contributed by atoms with E-state index >= 15 is 0 Å². The van der Waals surface area contributed by atoms with Crippen LogP contribution in [-0.2, 0) is 6.54 Å². The van der Waals surface area contributed by atoms with E-state index in [4.69, 9.17) is 0 Å². The zero-order valence-corrected chi connectivity index (χ0v) is 16.7. The summed E-state index contributed by atoms with van der Waals surface area (Å²) in [5, 5.41) is 12.7. The van der Waals surface area contributed by atoms with Gasteiger partial charge in [-0.3, -0.25) is 4.90 Å². The number of likely N-dealkylation sites (tertiary alicyclic amines) is 1. The molecule has 5 nitrogen and oxygen atoms in total. The molecule has 1 atom stereocenters. The second kappa shape index (κ2) is 10.1. The van der Waals surface area contributed by atoms with Gasteiger partial charge in [0.05, 0.1) is 6.04 Å². The van der Waals surface area contributed by atoms with Gasteiger partial charge in [0.15, 0.2) is 0 Å². The summed E-state index contributed by atoms with van der Waals surface area (Å²) in [4.78, 5) is 16.8. The minimum Gasteiger partial charge on any atom is -0.508 e. The van der Waals surface area contributed by atoms with Crippen LogP contribution in [0, 0.1) is 0 Å². The van der Waals surface area contributed by atoms with E-state index in [2.05, 4.69) is 34.5 Å². The number of nitrogens with zero attached hydrogens (tertiary/aromatic N) is 2. The maximum atomic E-state index is 12.7. The average Bonchev–Trinajstić information content (AvgIpc) is 2.98. The second-order valence-corrected chi connectivity index (χ2v) is 7.59. The third-order valence-corrected chi connectivity index (χ3v) is 5.39. The molecule has 1 aliphatic heterocycles. The van der Waals surface area contributed by atoms with E-state index in [0.29, 0.717) is 13.1 Å². The number of carbonyl (C=O) groups excluding carboxylic acids is 1. The Hall–Kier alpha value is -2.53. The molecule has 2 amide bonds. The van der Waals surface area contributed by atoms with Gasteiger partial charge in [0.25, 0.3) is 0 Å². The molecule has 0 unspecified atom stereocenters. The molecule has 1 saturated heterocycles. The lowest BCUT2D eigenvalue weighted by Crippen LogP contribution is -2.43. The summed E-state index contributed by atoms with van der Waals surface area (Å²) in [6.45, 7) is 3.20. The van der Waals surface area contributed by atoms with Gasteiger partial charge in [0.2, 0.25) is 0 Å². The first-order valence-corrected chi connectivity index (χ1v) is 10.2. The highest BCUT2D eigenvalue weighted by Gasteiger charge is 2.22. The summed E-state index contributed by atoms with van der Waals surface area (Å²) in [5.41, 5.74) is 2.16. The molecule has 0 saturated carbocycles. The molecule has 1 heterocycles. The predicted octanol–water partition coefficient (Wildman–Crippen LogP) is 4.15. The molecule has 150 valence electrons. The van der Waals surface area contributed by atoms with Gasteiger partial charge in [-0.25, -0.2) is 4.79 Å². The van der Waals surface area contributed by atoms with Crippen LogP contribution in [0.4, 0.5) is 4.79 Å². The van der Waals surface area contributed by atoms with Crippen molar-refractivity contribution in [2.75, 3.05) is 26.7 Å². The Morgan fingerprint density at radius 1 is 1.07 bits per heavy atom. The first-order chi connectivity index (χ1) is 13.6. The van der Waals surface area contributed by atoms with Gasteiger partial charge in [-0.15, -0.1) is 0 Å². The van der Waals surface area contributed by atoms with Gasteiger partial charge >= 0.3 is 6.03 Å². The lowest BCUT2D eigenvalue weighted by molar-refractivity contribution is 0.183. The molecule has 0 spiro atoms. The average molecular weight is 382 g/mol. The van der Waals surface area contributed by atoms with Crippen LogP contribution >= 0.6 is 0 Å². The third-order valence-electron chi connectivity index (χ3n) is 5.39. The van der Waals surface area contributed by atoms with E-state index in [1.807, 2.05) is 12.1 Å². The number of rotatable bonds is 6. The lowest BCUT2D eigenvalue weighted by Gasteiger charge is -2.32. The molecule has 0 aromatic heterocycles. The van der Waals surface area contributed by atoms with Gasteiger partial charge in [-0.1, -0.05) is 55.3 Å². The predicted molar refractivity (Wildman–Crippen MR) is 112 cm³/mol. The Morgan fingerprint density at radius 2 is 1.79 bits per heavy atom. The van der Waals surface area contributed by atoms with E-state index in [0.717, 1.165) is 18.7 Å².